The Labute approximate surface area is 173 Å². The van der Waals surface area contributed by atoms with Crippen molar-refractivity contribution in [3.8, 4) is 0 Å². The zero-order valence-corrected chi connectivity index (χ0v) is 16.5. The first-order valence-corrected chi connectivity index (χ1v) is 9.68. The number of rotatable bonds is 7. The molecule has 158 valence electrons. The summed E-state index contributed by atoms with van der Waals surface area (Å²) in [6.45, 7) is 1.35. The molecule has 0 saturated carbocycles. The largest absolute Gasteiger partial charge is 0.452 e. The fraction of sp³-hybridized carbons (Fsp3) is 0.381. The molecule has 1 fully saturated rings. The number of nitrogens with zero attached hydrogens (tertiary/aromatic N) is 1. The standard InChI is InChI=1S/C21H23N3O6/c1-12(19(27)23-14-8-6-13(7-9-14)18(22)26)30-17(25)10-11-24-20(28)15-4-2-3-5-16(15)21(24)29/h2-3,6-9,12,15-16H,4-5,10-11H2,1H3,(H2,22,26)(H,23,27)/t12-,15-,16-/m0/s1. The molecule has 0 bridgehead atoms. The predicted molar refractivity (Wildman–Crippen MR) is 106 cm³/mol. The summed E-state index contributed by atoms with van der Waals surface area (Å²) >= 11 is 0. The third kappa shape index (κ3) is 4.56. The number of fused-ring (bicyclic) bond motifs is 1. The summed E-state index contributed by atoms with van der Waals surface area (Å²) in [7, 11) is 0. The van der Waals surface area contributed by atoms with Gasteiger partial charge in [-0.25, -0.2) is 0 Å². The number of imide groups is 1. The van der Waals surface area contributed by atoms with Crippen molar-refractivity contribution in [2.75, 3.05) is 11.9 Å². The van der Waals surface area contributed by atoms with Gasteiger partial charge in [-0.05, 0) is 44.0 Å². The number of carbonyl (C=O) groups excluding carboxylic acids is 5. The Balaban J connectivity index is 1.47. The van der Waals surface area contributed by atoms with Crippen LogP contribution in [0.15, 0.2) is 36.4 Å². The lowest BCUT2D eigenvalue weighted by atomic mass is 9.85. The Morgan fingerprint density at radius 3 is 2.20 bits per heavy atom. The van der Waals surface area contributed by atoms with E-state index in [1.165, 1.54) is 31.2 Å². The van der Waals surface area contributed by atoms with Crippen LogP contribution in [0.2, 0.25) is 0 Å². The van der Waals surface area contributed by atoms with Crippen molar-refractivity contribution in [1.29, 1.82) is 0 Å². The normalized spacial score (nSPS) is 21.2. The van der Waals surface area contributed by atoms with Gasteiger partial charge in [0.05, 0.1) is 18.3 Å². The lowest BCUT2D eigenvalue weighted by Gasteiger charge is -2.16. The second kappa shape index (κ2) is 8.89. The molecule has 1 heterocycles. The molecule has 0 unspecified atom stereocenters. The number of amides is 4. The summed E-state index contributed by atoms with van der Waals surface area (Å²) in [6.07, 6.45) is 3.60. The molecule has 30 heavy (non-hydrogen) atoms. The first-order valence-electron chi connectivity index (χ1n) is 9.68. The Hall–Kier alpha value is -3.49. The number of benzene rings is 1. The van der Waals surface area contributed by atoms with E-state index >= 15 is 0 Å². The van der Waals surface area contributed by atoms with Crippen LogP contribution < -0.4 is 11.1 Å². The summed E-state index contributed by atoms with van der Waals surface area (Å²) in [6, 6.07) is 5.94. The molecule has 0 spiro atoms. The van der Waals surface area contributed by atoms with Gasteiger partial charge in [0.25, 0.3) is 5.91 Å². The van der Waals surface area contributed by atoms with Gasteiger partial charge in [-0.2, -0.15) is 0 Å². The van der Waals surface area contributed by atoms with Gasteiger partial charge in [0.15, 0.2) is 6.10 Å². The van der Waals surface area contributed by atoms with Crippen molar-refractivity contribution >= 4 is 35.3 Å². The van der Waals surface area contributed by atoms with Gasteiger partial charge in [0.1, 0.15) is 0 Å². The maximum atomic E-state index is 12.4. The number of anilines is 1. The van der Waals surface area contributed by atoms with E-state index in [9.17, 15) is 24.0 Å². The minimum atomic E-state index is -1.08. The van der Waals surface area contributed by atoms with Crippen LogP contribution in [0.5, 0.6) is 0 Å². The van der Waals surface area contributed by atoms with Crippen molar-refractivity contribution < 1.29 is 28.7 Å². The Kier molecular flexibility index (Phi) is 6.29. The Bertz CT molecular complexity index is 882. The monoisotopic (exact) mass is 413 g/mol. The molecular weight excluding hydrogens is 390 g/mol. The highest BCUT2D eigenvalue weighted by atomic mass is 16.5. The number of hydrogen-bond acceptors (Lipinski definition) is 6. The van der Waals surface area contributed by atoms with E-state index in [4.69, 9.17) is 10.5 Å². The Morgan fingerprint density at radius 1 is 1.10 bits per heavy atom. The average molecular weight is 413 g/mol. The maximum Gasteiger partial charge on any atom is 0.308 e. The quantitative estimate of drug-likeness (QED) is 0.389. The summed E-state index contributed by atoms with van der Waals surface area (Å²) in [5, 5.41) is 2.56. The van der Waals surface area contributed by atoms with Crippen molar-refractivity contribution in [2.24, 2.45) is 17.6 Å². The lowest BCUT2D eigenvalue weighted by molar-refractivity contribution is -0.154. The second-order valence-electron chi connectivity index (χ2n) is 7.30. The van der Waals surface area contributed by atoms with Crippen molar-refractivity contribution in [2.45, 2.75) is 32.3 Å². The number of carbonyl (C=O) groups is 5. The number of hydrogen-bond donors (Lipinski definition) is 2. The molecule has 4 amide bonds. The fourth-order valence-corrected chi connectivity index (χ4v) is 3.56. The topological polar surface area (TPSA) is 136 Å². The smallest absolute Gasteiger partial charge is 0.308 e. The van der Waals surface area contributed by atoms with Gasteiger partial charge >= 0.3 is 5.97 Å². The summed E-state index contributed by atoms with van der Waals surface area (Å²) in [4.78, 5) is 61.3. The first-order chi connectivity index (χ1) is 14.3. The molecule has 3 atom stereocenters. The molecule has 0 aromatic heterocycles. The van der Waals surface area contributed by atoms with Gasteiger partial charge in [-0.1, -0.05) is 12.2 Å². The van der Waals surface area contributed by atoms with Gasteiger partial charge in [-0.15, -0.1) is 0 Å². The van der Waals surface area contributed by atoms with Gasteiger partial charge < -0.3 is 15.8 Å². The molecule has 2 aliphatic rings. The molecular formula is C21H23N3O6. The van der Waals surface area contributed by atoms with E-state index < -0.39 is 23.9 Å². The average Bonchev–Trinajstić information content (AvgIpc) is 2.97. The molecule has 9 heteroatoms. The van der Waals surface area contributed by atoms with Gasteiger partial charge in [0.2, 0.25) is 17.7 Å². The van der Waals surface area contributed by atoms with Crippen LogP contribution in [0.3, 0.4) is 0 Å². The summed E-state index contributed by atoms with van der Waals surface area (Å²) < 4.78 is 5.11. The zero-order chi connectivity index (χ0) is 21.8. The highest BCUT2D eigenvalue weighted by Gasteiger charge is 2.47. The molecule has 9 nitrogen and oxygen atoms in total. The highest BCUT2D eigenvalue weighted by Crippen LogP contribution is 2.35. The number of ether oxygens (including phenoxy) is 1. The van der Waals surface area contributed by atoms with E-state index in [0.717, 1.165) is 4.90 Å². The number of nitrogens with two attached hydrogens (primary N) is 1. The van der Waals surface area contributed by atoms with Crippen molar-refractivity contribution in [3.63, 3.8) is 0 Å². The highest BCUT2D eigenvalue weighted by molar-refractivity contribution is 6.05. The molecule has 3 rings (SSSR count). The lowest BCUT2D eigenvalue weighted by Crippen LogP contribution is -2.35. The van der Waals surface area contributed by atoms with Crippen LogP contribution >= 0.6 is 0 Å². The third-order valence-electron chi connectivity index (χ3n) is 5.25. The number of allylic oxidation sites excluding steroid dienone is 2. The van der Waals surface area contributed by atoms with Gasteiger partial charge in [-0.3, -0.25) is 28.9 Å². The molecule has 1 aliphatic heterocycles. The molecule has 1 aromatic carbocycles. The van der Waals surface area contributed by atoms with Crippen LogP contribution in [0.4, 0.5) is 5.69 Å². The van der Waals surface area contributed by atoms with Crippen LogP contribution in [-0.2, 0) is 23.9 Å². The minimum absolute atomic E-state index is 0.0631. The van der Waals surface area contributed by atoms with Crippen LogP contribution in [0, 0.1) is 11.8 Å². The second-order valence-corrected chi connectivity index (χ2v) is 7.30. The van der Waals surface area contributed by atoms with Crippen LogP contribution in [0.25, 0.3) is 0 Å². The van der Waals surface area contributed by atoms with Crippen molar-refractivity contribution in [1.82, 2.24) is 4.90 Å². The Morgan fingerprint density at radius 2 is 1.67 bits per heavy atom. The van der Waals surface area contributed by atoms with E-state index in [0.29, 0.717) is 24.1 Å². The number of nitrogens with one attached hydrogen (secondary N) is 1. The molecule has 1 aromatic rings. The molecule has 1 aliphatic carbocycles. The van der Waals surface area contributed by atoms with Crippen molar-refractivity contribution in [3.05, 3.63) is 42.0 Å². The first kappa shape index (κ1) is 21.2. The predicted octanol–water partition coefficient (Wildman–Crippen LogP) is 0.997. The van der Waals surface area contributed by atoms with Crippen LogP contribution in [-0.4, -0.2) is 47.1 Å². The van der Waals surface area contributed by atoms with E-state index in [-0.39, 0.29) is 36.6 Å². The van der Waals surface area contributed by atoms with E-state index in [1.54, 1.807) is 0 Å². The zero-order valence-electron chi connectivity index (χ0n) is 16.5. The van der Waals surface area contributed by atoms with Crippen LogP contribution in [0.1, 0.15) is 36.5 Å². The summed E-state index contributed by atoms with van der Waals surface area (Å²) in [5.74, 6) is -3.02. The minimum Gasteiger partial charge on any atom is -0.452 e. The molecule has 0 radical (unpaired) electrons. The fourth-order valence-electron chi connectivity index (χ4n) is 3.56. The SMILES string of the molecule is C[C@H](OC(=O)CCN1C(=O)[C@H]2CC=CC[C@@H]2C1=O)C(=O)Nc1ccc(C(N)=O)cc1. The van der Waals surface area contributed by atoms with E-state index in [2.05, 4.69) is 5.32 Å². The maximum absolute atomic E-state index is 12.4. The molecule has 1 saturated heterocycles. The number of esters is 1. The number of likely N-dealkylation sites (tertiary alicyclic amines) is 1. The number of primary amides is 1. The third-order valence-corrected chi connectivity index (χ3v) is 5.25. The summed E-state index contributed by atoms with van der Waals surface area (Å²) in [5.41, 5.74) is 5.87. The molecule has 3 N–H and O–H groups in total. The van der Waals surface area contributed by atoms with Gasteiger partial charge in [0, 0.05) is 17.8 Å². The van der Waals surface area contributed by atoms with E-state index in [1.807, 2.05) is 12.2 Å².